The zero-order chi connectivity index (χ0) is 12.1. The number of ether oxygens (including phenoxy) is 3. The summed E-state index contributed by atoms with van der Waals surface area (Å²) in [4.78, 5) is 10.9. The molecule has 1 heterocycles. The summed E-state index contributed by atoms with van der Waals surface area (Å²) < 4.78 is 16.0. The van der Waals surface area contributed by atoms with Crippen LogP contribution in [0.2, 0.25) is 0 Å². The SMILES string of the molecule is C=CC(=O)OCC1=COC(C2CCCCC2)O1. The molecule has 0 amide bonds. The van der Waals surface area contributed by atoms with Gasteiger partial charge in [0.05, 0.1) is 0 Å². The van der Waals surface area contributed by atoms with Crippen molar-refractivity contribution in [3.8, 4) is 0 Å². The third-order valence-electron chi connectivity index (χ3n) is 3.16. The molecule has 1 fully saturated rings. The van der Waals surface area contributed by atoms with Crippen LogP contribution >= 0.6 is 0 Å². The molecular formula is C13H18O4. The lowest BCUT2D eigenvalue weighted by Crippen LogP contribution is -2.24. The summed E-state index contributed by atoms with van der Waals surface area (Å²) >= 11 is 0. The van der Waals surface area contributed by atoms with Gasteiger partial charge in [0.15, 0.2) is 12.4 Å². The molecule has 0 bridgehead atoms. The fourth-order valence-corrected chi connectivity index (χ4v) is 2.23. The third kappa shape index (κ3) is 3.25. The predicted molar refractivity (Wildman–Crippen MR) is 61.8 cm³/mol. The van der Waals surface area contributed by atoms with Crippen molar-refractivity contribution in [2.75, 3.05) is 6.61 Å². The minimum absolute atomic E-state index is 0.119. The Labute approximate surface area is 101 Å². The van der Waals surface area contributed by atoms with Crippen LogP contribution in [0.1, 0.15) is 32.1 Å². The van der Waals surface area contributed by atoms with E-state index in [-0.39, 0.29) is 12.9 Å². The molecule has 2 rings (SSSR count). The van der Waals surface area contributed by atoms with E-state index in [1.807, 2.05) is 0 Å². The number of carbonyl (C=O) groups excluding carboxylic acids is 1. The molecule has 4 heteroatoms. The zero-order valence-electron chi connectivity index (χ0n) is 9.89. The number of rotatable bonds is 4. The maximum atomic E-state index is 10.9. The standard InChI is InChI=1S/C13H18O4/c1-2-12(14)15-8-11-9-16-13(17-11)10-6-4-3-5-7-10/h2,9-10,13H,1,3-8H2. The lowest BCUT2D eigenvalue weighted by molar-refractivity contribution is -0.139. The van der Waals surface area contributed by atoms with Crippen molar-refractivity contribution in [1.29, 1.82) is 0 Å². The molecule has 4 nitrogen and oxygen atoms in total. The monoisotopic (exact) mass is 238 g/mol. The van der Waals surface area contributed by atoms with E-state index in [9.17, 15) is 4.79 Å². The topological polar surface area (TPSA) is 44.8 Å². The van der Waals surface area contributed by atoms with Gasteiger partial charge < -0.3 is 14.2 Å². The van der Waals surface area contributed by atoms with Crippen LogP contribution in [0.15, 0.2) is 24.7 Å². The van der Waals surface area contributed by atoms with Gasteiger partial charge >= 0.3 is 5.97 Å². The molecule has 1 aliphatic carbocycles. The predicted octanol–water partition coefficient (Wildman–Crippen LogP) is 2.51. The Balaban J connectivity index is 1.73. The molecular weight excluding hydrogens is 220 g/mol. The molecule has 1 unspecified atom stereocenters. The Morgan fingerprint density at radius 2 is 2.24 bits per heavy atom. The molecule has 2 aliphatic rings. The van der Waals surface area contributed by atoms with Gasteiger partial charge in [-0.3, -0.25) is 0 Å². The Hall–Kier alpha value is -1.45. The van der Waals surface area contributed by atoms with Gasteiger partial charge in [-0.1, -0.05) is 25.8 Å². The second-order valence-electron chi connectivity index (χ2n) is 4.42. The van der Waals surface area contributed by atoms with Crippen LogP contribution in [0.25, 0.3) is 0 Å². The van der Waals surface area contributed by atoms with E-state index in [4.69, 9.17) is 14.2 Å². The van der Waals surface area contributed by atoms with Gasteiger partial charge in [0.25, 0.3) is 0 Å². The van der Waals surface area contributed by atoms with Crippen LogP contribution in [-0.2, 0) is 19.0 Å². The number of carbonyl (C=O) groups is 1. The normalized spacial score (nSPS) is 24.5. The van der Waals surface area contributed by atoms with Crippen LogP contribution in [0.3, 0.4) is 0 Å². The first-order valence-electron chi connectivity index (χ1n) is 6.10. The van der Waals surface area contributed by atoms with Gasteiger partial charge in [-0.15, -0.1) is 0 Å². The van der Waals surface area contributed by atoms with E-state index in [0.717, 1.165) is 18.9 Å². The van der Waals surface area contributed by atoms with E-state index in [1.54, 1.807) is 6.26 Å². The minimum atomic E-state index is -0.449. The summed E-state index contributed by atoms with van der Waals surface area (Å²) in [5.74, 6) is 0.596. The second kappa shape index (κ2) is 5.75. The lowest BCUT2D eigenvalue weighted by atomic mass is 9.89. The van der Waals surface area contributed by atoms with Crippen molar-refractivity contribution in [2.45, 2.75) is 38.4 Å². The quantitative estimate of drug-likeness (QED) is 0.557. The highest BCUT2D eigenvalue weighted by Gasteiger charge is 2.30. The first-order valence-corrected chi connectivity index (χ1v) is 6.10. The van der Waals surface area contributed by atoms with Gasteiger partial charge in [-0.05, 0) is 12.8 Å². The smallest absolute Gasteiger partial charge is 0.330 e. The first kappa shape index (κ1) is 12.0. The van der Waals surface area contributed by atoms with Crippen molar-refractivity contribution in [2.24, 2.45) is 5.92 Å². The fourth-order valence-electron chi connectivity index (χ4n) is 2.23. The maximum absolute atomic E-state index is 10.9. The van der Waals surface area contributed by atoms with E-state index in [2.05, 4.69) is 6.58 Å². The van der Waals surface area contributed by atoms with E-state index in [1.165, 1.54) is 19.3 Å². The number of hydrogen-bond acceptors (Lipinski definition) is 4. The minimum Gasteiger partial charge on any atom is -0.459 e. The molecule has 0 spiro atoms. The highest BCUT2D eigenvalue weighted by atomic mass is 16.7. The lowest BCUT2D eigenvalue weighted by Gasteiger charge is -2.26. The van der Waals surface area contributed by atoms with Crippen molar-refractivity contribution in [3.05, 3.63) is 24.7 Å². The summed E-state index contributed by atoms with van der Waals surface area (Å²) in [6.45, 7) is 3.45. The second-order valence-corrected chi connectivity index (χ2v) is 4.42. The molecule has 0 N–H and O–H groups in total. The summed E-state index contributed by atoms with van der Waals surface area (Å²) in [7, 11) is 0. The van der Waals surface area contributed by atoms with E-state index in [0.29, 0.717) is 11.7 Å². The van der Waals surface area contributed by atoms with E-state index < -0.39 is 5.97 Å². The molecule has 0 aromatic rings. The average Bonchev–Trinajstić information content (AvgIpc) is 2.86. The van der Waals surface area contributed by atoms with Gasteiger partial charge in [0.1, 0.15) is 6.26 Å². The Morgan fingerprint density at radius 3 is 2.94 bits per heavy atom. The molecule has 1 atom stereocenters. The van der Waals surface area contributed by atoms with Crippen molar-refractivity contribution < 1.29 is 19.0 Å². The highest BCUT2D eigenvalue weighted by Crippen LogP contribution is 2.32. The Bertz CT molecular complexity index is 315. The van der Waals surface area contributed by atoms with Crippen LogP contribution in [-0.4, -0.2) is 18.9 Å². The Kier molecular flexibility index (Phi) is 4.07. The van der Waals surface area contributed by atoms with Gasteiger partial charge in [0, 0.05) is 12.0 Å². The molecule has 0 aromatic carbocycles. The van der Waals surface area contributed by atoms with Crippen molar-refractivity contribution in [1.82, 2.24) is 0 Å². The third-order valence-corrected chi connectivity index (χ3v) is 3.16. The van der Waals surface area contributed by atoms with Crippen LogP contribution in [0, 0.1) is 5.92 Å². The van der Waals surface area contributed by atoms with Crippen LogP contribution in [0.5, 0.6) is 0 Å². The molecule has 0 saturated heterocycles. The number of esters is 1. The van der Waals surface area contributed by atoms with Gasteiger partial charge in [-0.2, -0.15) is 0 Å². The summed E-state index contributed by atoms with van der Waals surface area (Å²) in [6, 6.07) is 0. The molecule has 1 saturated carbocycles. The van der Waals surface area contributed by atoms with Crippen LogP contribution in [0.4, 0.5) is 0 Å². The van der Waals surface area contributed by atoms with Crippen molar-refractivity contribution in [3.63, 3.8) is 0 Å². The first-order chi connectivity index (χ1) is 8.29. The highest BCUT2D eigenvalue weighted by molar-refractivity contribution is 5.81. The van der Waals surface area contributed by atoms with Crippen molar-refractivity contribution >= 4 is 5.97 Å². The zero-order valence-corrected chi connectivity index (χ0v) is 9.89. The summed E-state index contributed by atoms with van der Waals surface area (Å²) in [6.07, 6.45) is 8.60. The molecule has 0 radical (unpaired) electrons. The average molecular weight is 238 g/mol. The maximum Gasteiger partial charge on any atom is 0.330 e. The number of hydrogen-bond donors (Lipinski definition) is 0. The largest absolute Gasteiger partial charge is 0.459 e. The summed E-state index contributed by atoms with van der Waals surface area (Å²) in [5.41, 5.74) is 0. The molecule has 0 aromatic heterocycles. The molecule has 17 heavy (non-hydrogen) atoms. The van der Waals surface area contributed by atoms with Gasteiger partial charge in [-0.25, -0.2) is 4.79 Å². The Morgan fingerprint density at radius 1 is 1.47 bits per heavy atom. The van der Waals surface area contributed by atoms with E-state index >= 15 is 0 Å². The van der Waals surface area contributed by atoms with Gasteiger partial charge in [0.2, 0.25) is 6.29 Å². The summed E-state index contributed by atoms with van der Waals surface area (Å²) in [5, 5.41) is 0. The fraction of sp³-hybridized carbons (Fsp3) is 0.615. The van der Waals surface area contributed by atoms with Crippen LogP contribution < -0.4 is 0 Å². The molecule has 1 aliphatic heterocycles. The molecule has 94 valence electrons.